The fourth-order valence-electron chi connectivity index (χ4n) is 3.22. The van der Waals surface area contributed by atoms with Crippen LogP contribution in [0.25, 0.3) is 0 Å². The molecule has 1 amide bonds. The number of hydrogen-bond acceptors (Lipinski definition) is 4. The van der Waals surface area contributed by atoms with E-state index >= 15 is 0 Å². The Morgan fingerprint density at radius 1 is 0.969 bits per heavy atom. The Hall–Kier alpha value is -3.03. The predicted octanol–water partition coefficient (Wildman–Crippen LogP) is 5.11. The lowest BCUT2D eigenvalue weighted by molar-refractivity contribution is -0.114. The number of hydrogen-bond donors (Lipinski definition) is 1. The molecule has 0 spiro atoms. The summed E-state index contributed by atoms with van der Waals surface area (Å²) >= 11 is 5.99. The minimum atomic E-state index is -4.13. The highest BCUT2D eigenvalue weighted by Gasteiger charge is 2.30. The van der Waals surface area contributed by atoms with Crippen molar-refractivity contribution in [3.05, 3.63) is 82.4 Å². The molecule has 0 aromatic heterocycles. The zero-order valence-electron chi connectivity index (χ0n) is 18.3. The Bertz CT molecular complexity index is 1240. The molecule has 0 radical (unpaired) electrons. The van der Waals surface area contributed by atoms with Crippen LogP contribution in [0.3, 0.4) is 0 Å². The van der Waals surface area contributed by atoms with Crippen molar-refractivity contribution in [1.29, 1.82) is 0 Å². The largest absolute Gasteiger partial charge is 0.495 e. The molecule has 0 bridgehead atoms. The van der Waals surface area contributed by atoms with Gasteiger partial charge >= 0.3 is 0 Å². The average Bonchev–Trinajstić information content (AvgIpc) is 2.75. The third-order valence-electron chi connectivity index (χ3n) is 4.96. The molecule has 32 heavy (non-hydrogen) atoms. The van der Waals surface area contributed by atoms with Crippen LogP contribution in [0.1, 0.15) is 16.7 Å². The number of nitrogens with one attached hydrogen (secondary N) is 1. The summed E-state index contributed by atoms with van der Waals surface area (Å²) in [7, 11) is -2.73. The standard InChI is InChI=1S/C24H25ClN2O4S/c1-16-5-7-18(3)21(13-16)26-24(28)15-27(20-10-8-19(25)9-11-20)32(29,30)23-14-17(2)6-12-22(23)31-4/h5-14H,15H2,1-4H3,(H,26,28). The molecular weight excluding hydrogens is 448 g/mol. The Kier molecular flexibility index (Phi) is 7.11. The molecule has 0 heterocycles. The maximum Gasteiger partial charge on any atom is 0.268 e. The first kappa shape index (κ1) is 23.6. The molecule has 0 unspecified atom stereocenters. The Balaban J connectivity index is 2.03. The topological polar surface area (TPSA) is 75.7 Å². The maximum absolute atomic E-state index is 13.7. The number of nitrogens with zero attached hydrogens (tertiary/aromatic N) is 1. The summed E-state index contributed by atoms with van der Waals surface area (Å²) in [5.41, 5.74) is 3.56. The Labute approximate surface area is 193 Å². The van der Waals surface area contributed by atoms with E-state index in [2.05, 4.69) is 5.32 Å². The van der Waals surface area contributed by atoms with Gasteiger partial charge in [0.25, 0.3) is 10.0 Å². The lowest BCUT2D eigenvalue weighted by Crippen LogP contribution is -2.38. The van der Waals surface area contributed by atoms with Crippen molar-refractivity contribution in [3.63, 3.8) is 0 Å². The van der Waals surface area contributed by atoms with Gasteiger partial charge in [0.1, 0.15) is 17.2 Å². The number of amides is 1. The number of aryl methyl sites for hydroxylation is 3. The molecular formula is C24H25ClN2O4S. The number of ether oxygens (including phenoxy) is 1. The highest BCUT2D eigenvalue weighted by molar-refractivity contribution is 7.93. The van der Waals surface area contributed by atoms with Crippen molar-refractivity contribution in [2.24, 2.45) is 0 Å². The second-order valence-electron chi connectivity index (χ2n) is 7.51. The number of methoxy groups -OCH3 is 1. The van der Waals surface area contributed by atoms with Gasteiger partial charge in [0, 0.05) is 10.7 Å². The summed E-state index contributed by atoms with van der Waals surface area (Å²) in [4.78, 5) is 12.9. The predicted molar refractivity (Wildman–Crippen MR) is 128 cm³/mol. The zero-order chi connectivity index (χ0) is 23.5. The van der Waals surface area contributed by atoms with E-state index in [1.807, 2.05) is 32.0 Å². The van der Waals surface area contributed by atoms with Gasteiger partial charge in [-0.3, -0.25) is 9.10 Å². The maximum atomic E-state index is 13.7. The molecule has 8 heteroatoms. The molecule has 0 aliphatic rings. The monoisotopic (exact) mass is 472 g/mol. The van der Waals surface area contributed by atoms with Gasteiger partial charge in [-0.2, -0.15) is 0 Å². The molecule has 0 aliphatic carbocycles. The molecule has 1 N–H and O–H groups in total. The number of rotatable bonds is 7. The van der Waals surface area contributed by atoms with Crippen molar-refractivity contribution in [3.8, 4) is 5.75 Å². The van der Waals surface area contributed by atoms with Gasteiger partial charge < -0.3 is 10.1 Å². The van der Waals surface area contributed by atoms with Crippen molar-refractivity contribution in [2.75, 3.05) is 23.3 Å². The molecule has 0 aliphatic heterocycles. The summed E-state index contributed by atoms with van der Waals surface area (Å²) in [5, 5.41) is 3.28. The molecule has 0 saturated carbocycles. The number of carbonyl (C=O) groups excluding carboxylic acids is 1. The summed E-state index contributed by atoms with van der Waals surface area (Å²) in [6, 6.07) is 16.9. The van der Waals surface area contributed by atoms with Crippen LogP contribution in [0.5, 0.6) is 5.75 Å². The van der Waals surface area contributed by atoms with Crippen LogP contribution in [0.4, 0.5) is 11.4 Å². The highest BCUT2D eigenvalue weighted by Crippen LogP contribution is 2.31. The lowest BCUT2D eigenvalue weighted by atomic mass is 10.1. The van der Waals surface area contributed by atoms with Gasteiger partial charge in [-0.15, -0.1) is 0 Å². The van der Waals surface area contributed by atoms with E-state index in [9.17, 15) is 13.2 Å². The van der Waals surface area contributed by atoms with E-state index in [0.717, 1.165) is 21.0 Å². The van der Waals surface area contributed by atoms with Crippen LogP contribution in [0.15, 0.2) is 65.6 Å². The lowest BCUT2D eigenvalue weighted by Gasteiger charge is -2.25. The highest BCUT2D eigenvalue weighted by atomic mass is 35.5. The third-order valence-corrected chi connectivity index (χ3v) is 7.00. The van der Waals surface area contributed by atoms with Gasteiger partial charge in [-0.05, 0) is 79.9 Å². The van der Waals surface area contributed by atoms with Gasteiger partial charge in [-0.25, -0.2) is 8.42 Å². The van der Waals surface area contributed by atoms with Crippen LogP contribution in [-0.2, 0) is 14.8 Å². The zero-order valence-corrected chi connectivity index (χ0v) is 19.9. The summed E-state index contributed by atoms with van der Waals surface area (Å²) in [6.07, 6.45) is 0. The quantitative estimate of drug-likeness (QED) is 0.518. The third kappa shape index (κ3) is 5.23. The summed E-state index contributed by atoms with van der Waals surface area (Å²) in [5.74, 6) is -0.270. The van der Waals surface area contributed by atoms with Crippen molar-refractivity contribution < 1.29 is 17.9 Å². The first-order chi connectivity index (χ1) is 15.1. The minimum absolute atomic E-state index is 0.0190. The van der Waals surface area contributed by atoms with Crippen molar-refractivity contribution >= 4 is 38.9 Å². The molecule has 0 fully saturated rings. The second-order valence-corrected chi connectivity index (χ2v) is 9.78. The number of anilines is 2. The molecule has 6 nitrogen and oxygen atoms in total. The second kappa shape index (κ2) is 9.63. The van der Waals surface area contributed by atoms with Gasteiger partial charge in [0.05, 0.1) is 12.8 Å². The van der Waals surface area contributed by atoms with Gasteiger partial charge in [0.2, 0.25) is 5.91 Å². The van der Waals surface area contributed by atoms with Crippen LogP contribution in [-0.4, -0.2) is 28.0 Å². The fourth-order valence-corrected chi connectivity index (χ4v) is 5.01. The first-order valence-corrected chi connectivity index (χ1v) is 11.7. The molecule has 3 aromatic rings. The van der Waals surface area contributed by atoms with Gasteiger partial charge in [-0.1, -0.05) is 29.8 Å². The number of benzene rings is 3. The van der Waals surface area contributed by atoms with E-state index in [0.29, 0.717) is 16.4 Å². The summed E-state index contributed by atoms with van der Waals surface area (Å²) in [6.45, 7) is 5.16. The van der Waals surface area contributed by atoms with Crippen LogP contribution < -0.4 is 14.4 Å². The van der Waals surface area contributed by atoms with E-state index in [1.165, 1.54) is 13.2 Å². The Morgan fingerprint density at radius 2 is 1.59 bits per heavy atom. The normalized spacial score (nSPS) is 11.2. The number of carbonyl (C=O) groups is 1. The SMILES string of the molecule is COc1ccc(C)cc1S(=O)(=O)N(CC(=O)Nc1cc(C)ccc1C)c1ccc(Cl)cc1. The summed E-state index contributed by atoms with van der Waals surface area (Å²) < 4.78 is 33.7. The Morgan fingerprint density at radius 3 is 2.25 bits per heavy atom. The molecule has 168 valence electrons. The van der Waals surface area contributed by atoms with Crippen LogP contribution >= 0.6 is 11.6 Å². The van der Waals surface area contributed by atoms with Crippen LogP contribution in [0, 0.1) is 20.8 Å². The van der Waals surface area contributed by atoms with E-state index in [1.54, 1.807) is 43.3 Å². The molecule has 3 rings (SSSR count). The van der Waals surface area contributed by atoms with E-state index in [4.69, 9.17) is 16.3 Å². The van der Waals surface area contributed by atoms with Crippen LogP contribution in [0.2, 0.25) is 5.02 Å². The number of sulfonamides is 1. The fraction of sp³-hybridized carbons (Fsp3) is 0.208. The number of halogens is 1. The van der Waals surface area contributed by atoms with Crippen molar-refractivity contribution in [2.45, 2.75) is 25.7 Å². The minimum Gasteiger partial charge on any atom is -0.495 e. The molecule has 3 aromatic carbocycles. The molecule has 0 atom stereocenters. The van der Waals surface area contributed by atoms with E-state index in [-0.39, 0.29) is 10.6 Å². The molecule has 0 saturated heterocycles. The average molecular weight is 473 g/mol. The first-order valence-electron chi connectivity index (χ1n) is 9.92. The van der Waals surface area contributed by atoms with E-state index < -0.39 is 22.5 Å². The van der Waals surface area contributed by atoms with Crippen molar-refractivity contribution in [1.82, 2.24) is 0 Å². The smallest absolute Gasteiger partial charge is 0.268 e. The van der Waals surface area contributed by atoms with Gasteiger partial charge in [0.15, 0.2) is 0 Å².